The normalized spacial score (nSPS) is 29.5. The van der Waals surface area contributed by atoms with Crippen LogP contribution < -0.4 is 0 Å². The van der Waals surface area contributed by atoms with E-state index in [9.17, 15) is 8.42 Å². The van der Waals surface area contributed by atoms with Crippen molar-refractivity contribution >= 4 is 9.84 Å². The van der Waals surface area contributed by atoms with Crippen molar-refractivity contribution in [2.24, 2.45) is 5.41 Å². The van der Waals surface area contributed by atoms with Gasteiger partial charge in [-0.1, -0.05) is 20.8 Å². The van der Waals surface area contributed by atoms with Crippen molar-refractivity contribution in [1.82, 2.24) is 0 Å². The molecule has 0 aromatic carbocycles. The molecule has 11 heavy (non-hydrogen) atoms. The molecule has 0 aromatic heterocycles. The molecule has 1 aliphatic heterocycles. The molecule has 1 unspecified atom stereocenters. The van der Waals surface area contributed by atoms with E-state index in [2.05, 4.69) is 20.8 Å². The highest BCUT2D eigenvalue weighted by Gasteiger charge is 2.37. The SMILES string of the molecule is CC(C)(C)CC1CCS1(=O)=O. The Morgan fingerprint density at radius 2 is 1.91 bits per heavy atom. The Morgan fingerprint density at radius 3 is 2.00 bits per heavy atom. The summed E-state index contributed by atoms with van der Waals surface area (Å²) in [4.78, 5) is 0. The first-order valence-corrected chi connectivity index (χ1v) is 5.74. The van der Waals surface area contributed by atoms with Gasteiger partial charge in [-0.25, -0.2) is 8.42 Å². The number of hydrogen-bond donors (Lipinski definition) is 0. The van der Waals surface area contributed by atoms with Gasteiger partial charge in [0.05, 0.1) is 11.0 Å². The Kier molecular flexibility index (Phi) is 2.03. The summed E-state index contributed by atoms with van der Waals surface area (Å²) in [6.45, 7) is 6.25. The standard InChI is InChI=1S/C8H16O2S/c1-8(2,3)6-7-4-5-11(7,9)10/h7H,4-6H2,1-3H3. The van der Waals surface area contributed by atoms with E-state index in [0.717, 1.165) is 12.8 Å². The molecule has 1 heterocycles. The van der Waals surface area contributed by atoms with E-state index in [-0.39, 0.29) is 10.7 Å². The van der Waals surface area contributed by atoms with Crippen LogP contribution in [0.1, 0.15) is 33.6 Å². The first-order chi connectivity index (χ1) is 4.81. The van der Waals surface area contributed by atoms with Crippen molar-refractivity contribution < 1.29 is 8.42 Å². The molecule has 0 amide bonds. The van der Waals surface area contributed by atoms with E-state index in [0.29, 0.717) is 5.75 Å². The summed E-state index contributed by atoms with van der Waals surface area (Å²) in [6.07, 6.45) is 1.69. The van der Waals surface area contributed by atoms with Gasteiger partial charge in [0.25, 0.3) is 0 Å². The number of sulfone groups is 1. The zero-order valence-electron chi connectivity index (χ0n) is 7.42. The van der Waals surface area contributed by atoms with E-state index in [4.69, 9.17) is 0 Å². The predicted molar refractivity (Wildman–Crippen MR) is 46.3 cm³/mol. The topological polar surface area (TPSA) is 34.1 Å². The highest BCUT2D eigenvalue weighted by atomic mass is 32.2. The van der Waals surface area contributed by atoms with Gasteiger partial charge in [0, 0.05) is 0 Å². The van der Waals surface area contributed by atoms with Crippen LogP contribution in [0, 0.1) is 5.41 Å². The first kappa shape index (κ1) is 9.04. The zero-order chi connectivity index (χ0) is 8.70. The fourth-order valence-electron chi connectivity index (χ4n) is 1.39. The smallest absolute Gasteiger partial charge is 0.153 e. The Hall–Kier alpha value is -0.0500. The Balaban J connectivity index is 2.54. The van der Waals surface area contributed by atoms with Crippen LogP contribution >= 0.6 is 0 Å². The minimum Gasteiger partial charge on any atom is -0.229 e. The van der Waals surface area contributed by atoms with Gasteiger partial charge < -0.3 is 0 Å². The average Bonchev–Trinajstić information content (AvgIpc) is 1.79. The predicted octanol–water partition coefficient (Wildman–Crippen LogP) is 1.61. The van der Waals surface area contributed by atoms with Crippen molar-refractivity contribution in [1.29, 1.82) is 0 Å². The maximum absolute atomic E-state index is 11.1. The minimum absolute atomic E-state index is 0.0394. The van der Waals surface area contributed by atoms with Gasteiger partial charge in [-0.15, -0.1) is 0 Å². The molecule has 0 radical (unpaired) electrons. The second-order valence-corrected chi connectivity index (χ2v) is 6.94. The van der Waals surface area contributed by atoms with Crippen LogP contribution in [0.4, 0.5) is 0 Å². The average molecular weight is 176 g/mol. The van der Waals surface area contributed by atoms with Gasteiger partial charge in [-0.3, -0.25) is 0 Å². The molecule has 3 heteroatoms. The molecule has 0 N–H and O–H groups in total. The van der Waals surface area contributed by atoms with Gasteiger partial charge in [0.1, 0.15) is 0 Å². The second kappa shape index (κ2) is 2.47. The summed E-state index contributed by atoms with van der Waals surface area (Å²) >= 11 is 0. The van der Waals surface area contributed by atoms with Gasteiger partial charge in [0.2, 0.25) is 0 Å². The third kappa shape index (κ3) is 2.19. The van der Waals surface area contributed by atoms with Crippen molar-refractivity contribution in [2.75, 3.05) is 5.75 Å². The summed E-state index contributed by atoms with van der Waals surface area (Å²) < 4.78 is 22.2. The van der Waals surface area contributed by atoms with Crippen LogP contribution in [0.25, 0.3) is 0 Å². The van der Waals surface area contributed by atoms with Gasteiger partial charge in [-0.2, -0.15) is 0 Å². The molecule has 0 bridgehead atoms. The highest BCUT2D eigenvalue weighted by molar-refractivity contribution is 7.93. The molecule has 1 atom stereocenters. The molecular weight excluding hydrogens is 160 g/mol. The van der Waals surface area contributed by atoms with Crippen LogP contribution in [0.15, 0.2) is 0 Å². The highest BCUT2D eigenvalue weighted by Crippen LogP contribution is 2.32. The lowest BCUT2D eigenvalue weighted by atomic mass is 9.89. The summed E-state index contributed by atoms with van der Waals surface area (Å²) in [5.41, 5.74) is 0.151. The molecule has 1 aliphatic rings. The summed E-state index contributed by atoms with van der Waals surface area (Å²) in [5, 5.41) is -0.0394. The lowest BCUT2D eigenvalue weighted by Crippen LogP contribution is -2.39. The van der Waals surface area contributed by atoms with E-state index in [1.807, 2.05) is 0 Å². The van der Waals surface area contributed by atoms with Crippen LogP contribution in [-0.2, 0) is 9.84 Å². The van der Waals surface area contributed by atoms with Crippen LogP contribution in [0.2, 0.25) is 0 Å². The number of hydrogen-bond acceptors (Lipinski definition) is 2. The minimum atomic E-state index is -2.66. The number of rotatable bonds is 1. The van der Waals surface area contributed by atoms with Crippen molar-refractivity contribution in [2.45, 2.75) is 38.9 Å². The fourth-order valence-corrected chi connectivity index (χ4v) is 3.10. The van der Waals surface area contributed by atoms with Crippen LogP contribution in [0.5, 0.6) is 0 Å². The fraction of sp³-hybridized carbons (Fsp3) is 1.00. The molecule has 0 aliphatic carbocycles. The summed E-state index contributed by atoms with van der Waals surface area (Å²) in [7, 11) is -2.66. The Labute approximate surface area is 68.9 Å². The second-order valence-electron chi connectivity index (χ2n) is 4.54. The lowest BCUT2D eigenvalue weighted by Gasteiger charge is -2.31. The zero-order valence-corrected chi connectivity index (χ0v) is 8.24. The monoisotopic (exact) mass is 176 g/mol. The van der Waals surface area contributed by atoms with E-state index in [1.165, 1.54) is 0 Å². The summed E-state index contributed by atoms with van der Waals surface area (Å²) in [6, 6.07) is 0. The van der Waals surface area contributed by atoms with Crippen molar-refractivity contribution in [3.63, 3.8) is 0 Å². The van der Waals surface area contributed by atoms with Gasteiger partial charge in [-0.05, 0) is 18.3 Å². The van der Waals surface area contributed by atoms with E-state index in [1.54, 1.807) is 0 Å². The quantitative estimate of drug-likeness (QED) is 0.608. The van der Waals surface area contributed by atoms with Crippen molar-refractivity contribution in [3.8, 4) is 0 Å². The largest absolute Gasteiger partial charge is 0.229 e. The van der Waals surface area contributed by atoms with Crippen LogP contribution in [0.3, 0.4) is 0 Å². The van der Waals surface area contributed by atoms with Crippen molar-refractivity contribution in [3.05, 3.63) is 0 Å². The molecule has 0 aromatic rings. The molecule has 1 saturated heterocycles. The van der Waals surface area contributed by atoms with E-state index >= 15 is 0 Å². The van der Waals surface area contributed by atoms with Gasteiger partial charge in [0.15, 0.2) is 9.84 Å². The molecule has 2 nitrogen and oxygen atoms in total. The van der Waals surface area contributed by atoms with Gasteiger partial charge >= 0.3 is 0 Å². The summed E-state index contributed by atoms with van der Waals surface area (Å²) in [5.74, 6) is 0.410. The first-order valence-electron chi connectivity index (χ1n) is 4.03. The molecule has 0 spiro atoms. The maximum atomic E-state index is 11.1. The van der Waals surface area contributed by atoms with Crippen LogP contribution in [-0.4, -0.2) is 19.4 Å². The third-order valence-electron chi connectivity index (χ3n) is 2.07. The molecule has 1 fully saturated rings. The molecule has 1 rings (SSSR count). The third-order valence-corrected chi connectivity index (χ3v) is 4.30. The molecule has 0 saturated carbocycles. The Bertz CT molecular complexity index is 233. The Morgan fingerprint density at radius 1 is 1.36 bits per heavy atom. The molecular formula is C8H16O2S. The lowest BCUT2D eigenvalue weighted by molar-refractivity contribution is 0.352. The maximum Gasteiger partial charge on any atom is 0.153 e. The molecule has 66 valence electrons. The van der Waals surface area contributed by atoms with E-state index < -0.39 is 9.84 Å².